The number of hydrogen-bond donors (Lipinski definition) is 1. The van der Waals surface area contributed by atoms with E-state index >= 15 is 0 Å². The highest BCUT2D eigenvalue weighted by atomic mass is 16.1. The zero-order chi connectivity index (χ0) is 10.7. The Morgan fingerprint density at radius 2 is 1.73 bits per heavy atom. The Morgan fingerprint density at radius 3 is 2.33 bits per heavy atom. The Bertz CT molecular complexity index is 477. The molecule has 0 aliphatic heterocycles. The molecule has 0 spiro atoms. The molecule has 2 heteroatoms. The third-order valence-electron chi connectivity index (χ3n) is 2.30. The van der Waals surface area contributed by atoms with Crippen LogP contribution < -0.4 is 5.73 Å². The van der Waals surface area contributed by atoms with Crippen molar-refractivity contribution in [2.45, 2.75) is 0 Å². The zero-order valence-corrected chi connectivity index (χ0v) is 8.18. The van der Waals surface area contributed by atoms with E-state index in [4.69, 9.17) is 5.73 Å². The third kappa shape index (κ3) is 1.89. The Morgan fingerprint density at radius 1 is 1.00 bits per heavy atom. The van der Waals surface area contributed by atoms with Gasteiger partial charge in [-0.25, -0.2) is 0 Å². The zero-order valence-electron chi connectivity index (χ0n) is 8.18. The molecule has 0 aromatic heterocycles. The highest BCUT2D eigenvalue weighted by molar-refractivity contribution is 5.83. The molecule has 0 unspecified atom stereocenters. The smallest absolute Gasteiger partial charge is 0.150 e. The largest absolute Gasteiger partial charge is 0.398 e. The topological polar surface area (TPSA) is 43.1 Å². The van der Waals surface area contributed by atoms with Gasteiger partial charge in [-0.2, -0.15) is 0 Å². The van der Waals surface area contributed by atoms with Crippen LogP contribution in [0.3, 0.4) is 0 Å². The van der Waals surface area contributed by atoms with Gasteiger partial charge in [0.2, 0.25) is 0 Å². The summed E-state index contributed by atoms with van der Waals surface area (Å²) in [5.74, 6) is 0. The van der Waals surface area contributed by atoms with E-state index in [1.54, 1.807) is 12.1 Å². The molecule has 0 atom stereocenters. The van der Waals surface area contributed by atoms with E-state index < -0.39 is 0 Å². The second-order valence-electron chi connectivity index (χ2n) is 3.33. The lowest BCUT2D eigenvalue weighted by Crippen LogP contribution is -1.92. The normalized spacial score (nSPS) is 9.87. The standard InChI is InChI=1S/C13H11NO/c14-13-8-10(9-15)6-7-12(13)11-4-2-1-3-5-11/h1-9H,14H2. The van der Waals surface area contributed by atoms with Gasteiger partial charge in [0, 0.05) is 16.8 Å². The van der Waals surface area contributed by atoms with E-state index in [9.17, 15) is 4.79 Å². The second-order valence-corrected chi connectivity index (χ2v) is 3.33. The maximum atomic E-state index is 10.6. The molecule has 0 radical (unpaired) electrons. The maximum Gasteiger partial charge on any atom is 0.150 e. The van der Waals surface area contributed by atoms with Crippen LogP contribution in [-0.2, 0) is 0 Å². The average Bonchev–Trinajstić information content (AvgIpc) is 2.30. The molecule has 0 aliphatic rings. The first-order chi connectivity index (χ1) is 7.31. The number of anilines is 1. The predicted molar refractivity (Wildman–Crippen MR) is 61.7 cm³/mol. The Labute approximate surface area is 88.4 Å². The summed E-state index contributed by atoms with van der Waals surface area (Å²) in [6.07, 6.45) is 0.797. The molecule has 2 rings (SSSR count). The number of carbonyl (C=O) groups is 1. The monoisotopic (exact) mass is 197 g/mol. The summed E-state index contributed by atoms with van der Waals surface area (Å²) < 4.78 is 0. The molecular formula is C13H11NO. The SMILES string of the molecule is Nc1cc(C=O)ccc1-c1ccccc1. The lowest BCUT2D eigenvalue weighted by molar-refractivity contribution is 0.112. The van der Waals surface area contributed by atoms with Gasteiger partial charge in [0.25, 0.3) is 0 Å². The van der Waals surface area contributed by atoms with Crippen LogP contribution in [0.5, 0.6) is 0 Å². The highest BCUT2D eigenvalue weighted by Crippen LogP contribution is 2.25. The van der Waals surface area contributed by atoms with Crippen molar-refractivity contribution in [1.29, 1.82) is 0 Å². The molecule has 2 aromatic rings. The molecule has 15 heavy (non-hydrogen) atoms. The van der Waals surface area contributed by atoms with Crippen LogP contribution in [0.1, 0.15) is 10.4 Å². The third-order valence-corrected chi connectivity index (χ3v) is 2.30. The molecule has 0 saturated heterocycles. The fourth-order valence-electron chi connectivity index (χ4n) is 1.54. The van der Waals surface area contributed by atoms with Crippen molar-refractivity contribution in [2.75, 3.05) is 5.73 Å². The van der Waals surface area contributed by atoms with Crippen LogP contribution in [0.25, 0.3) is 11.1 Å². The van der Waals surface area contributed by atoms with Crippen LogP contribution >= 0.6 is 0 Å². The van der Waals surface area contributed by atoms with Gasteiger partial charge < -0.3 is 5.73 Å². The molecule has 2 N–H and O–H groups in total. The van der Waals surface area contributed by atoms with Crippen molar-refractivity contribution in [3.05, 3.63) is 54.1 Å². The van der Waals surface area contributed by atoms with Crippen molar-refractivity contribution in [3.8, 4) is 11.1 Å². The first-order valence-electron chi connectivity index (χ1n) is 4.71. The average molecular weight is 197 g/mol. The molecule has 0 fully saturated rings. The molecular weight excluding hydrogens is 186 g/mol. The molecule has 0 bridgehead atoms. The van der Waals surface area contributed by atoms with E-state index in [2.05, 4.69) is 0 Å². The van der Waals surface area contributed by atoms with Crippen LogP contribution in [-0.4, -0.2) is 6.29 Å². The summed E-state index contributed by atoms with van der Waals surface area (Å²) >= 11 is 0. The minimum absolute atomic E-state index is 0.604. The van der Waals surface area contributed by atoms with Gasteiger partial charge in [0.15, 0.2) is 0 Å². The Kier molecular flexibility index (Phi) is 2.50. The van der Waals surface area contributed by atoms with Gasteiger partial charge in [0.1, 0.15) is 6.29 Å². The minimum atomic E-state index is 0.604. The summed E-state index contributed by atoms with van der Waals surface area (Å²) in [5, 5.41) is 0. The van der Waals surface area contributed by atoms with Crippen LogP contribution in [0.4, 0.5) is 5.69 Å². The highest BCUT2D eigenvalue weighted by Gasteiger charge is 2.02. The summed E-state index contributed by atoms with van der Waals surface area (Å²) in [5.41, 5.74) is 9.13. The Balaban J connectivity index is 2.51. The van der Waals surface area contributed by atoms with Crippen LogP contribution in [0.2, 0.25) is 0 Å². The van der Waals surface area contributed by atoms with E-state index in [0.717, 1.165) is 17.4 Å². The molecule has 0 saturated carbocycles. The lowest BCUT2D eigenvalue weighted by atomic mass is 10.0. The van der Waals surface area contributed by atoms with E-state index in [1.165, 1.54) is 0 Å². The molecule has 0 aliphatic carbocycles. The van der Waals surface area contributed by atoms with Gasteiger partial charge in [-0.15, -0.1) is 0 Å². The molecule has 2 nitrogen and oxygen atoms in total. The van der Waals surface area contributed by atoms with Gasteiger partial charge in [0.05, 0.1) is 0 Å². The number of rotatable bonds is 2. The quantitative estimate of drug-likeness (QED) is 0.594. The van der Waals surface area contributed by atoms with Crippen molar-refractivity contribution >= 4 is 12.0 Å². The van der Waals surface area contributed by atoms with E-state index in [-0.39, 0.29) is 0 Å². The second kappa shape index (κ2) is 3.96. The van der Waals surface area contributed by atoms with E-state index in [0.29, 0.717) is 11.3 Å². The van der Waals surface area contributed by atoms with Gasteiger partial charge in [-0.3, -0.25) is 4.79 Å². The number of nitrogen functional groups attached to an aromatic ring is 1. The van der Waals surface area contributed by atoms with Gasteiger partial charge in [-0.05, 0) is 11.6 Å². The number of carbonyl (C=O) groups excluding carboxylic acids is 1. The predicted octanol–water partition coefficient (Wildman–Crippen LogP) is 2.75. The minimum Gasteiger partial charge on any atom is -0.398 e. The molecule has 0 amide bonds. The fourth-order valence-corrected chi connectivity index (χ4v) is 1.54. The first kappa shape index (κ1) is 9.46. The van der Waals surface area contributed by atoms with Crippen molar-refractivity contribution in [3.63, 3.8) is 0 Å². The number of nitrogens with two attached hydrogens (primary N) is 1. The Hall–Kier alpha value is -2.09. The van der Waals surface area contributed by atoms with Crippen molar-refractivity contribution < 1.29 is 4.79 Å². The summed E-state index contributed by atoms with van der Waals surface area (Å²) in [4.78, 5) is 10.6. The van der Waals surface area contributed by atoms with Gasteiger partial charge >= 0.3 is 0 Å². The summed E-state index contributed by atoms with van der Waals surface area (Å²) in [6.45, 7) is 0. The van der Waals surface area contributed by atoms with Crippen molar-refractivity contribution in [1.82, 2.24) is 0 Å². The maximum absolute atomic E-state index is 10.6. The van der Waals surface area contributed by atoms with Crippen molar-refractivity contribution in [2.24, 2.45) is 0 Å². The number of benzene rings is 2. The molecule has 2 aromatic carbocycles. The fraction of sp³-hybridized carbons (Fsp3) is 0. The summed E-state index contributed by atoms with van der Waals surface area (Å²) in [7, 11) is 0. The number of hydrogen-bond acceptors (Lipinski definition) is 2. The lowest BCUT2D eigenvalue weighted by Gasteiger charge is -2.05. The molecule has 74 valence electrons. The van der Waals surface area contributed by atoms with Gasteiger partial charge in [-0.1, -0.05) is 42.5 Å². The first-order valence-corrected chi connectivity index (χ1v) is 4.71. The summed E-state index contributed by atoms with van der Waals surface area (Å²) in [6, 6.07) is 15.2. The molecule has 0 heterocycles. The number of aldehydes is 1. The van der Waals surface area contributed by atoms with Crippen LogP contribution in [0.15, 0.2) is 48.5 Å². The van der Waals surface area contributed by atoms with Crippen LogP contribution in [0, 0.1) is 0 Å². The van der Waals surface area contributed by atoms with E-state index in [1.807, 2.05) is 36.4 Å².